The van der Waals surface area contributed by atoms with Gasteiger partial charge in [-0.05, 0) is 62.4 Å². The lowest BCUT2D eigenvalue weighted by atomic mass is 10.1. The van der Waals surface area contributed by atoms with Crippen LogP contribution < -0.4 is 15.2 Å². The van der Waals surface area contributed by atoms with Crippen molar-refractivity contribution in [2.24, 2.45) is 0 Å². The zero-order chi connectivity index (χ0) is 25.1. The van der Waals surface area contributed by atoms with Crippen molar-refractivity contribution in [3.8, 4) is 23.1 Å². The summed E-state index contributed by atoms with van der Waals surface area (Å²) >= 11 is 0. The minimum absolute atomic E-state index is 0.0128. The number of ether oxygens (including phenoxy) is 4. The number of nitrogens with zero attached hydrogens (tertiary/aromatic N) is 2. The number of aromatic nitrogens is 2. The molecule has 4 rings (SSSR count). The molecule has 0 spiro atoms. The first kappa shape index (κ1) is 23.6. The lowest BCUT2D eigenvalue weighted by Crippen LogP contribution is -2.15. The van der Waals surface area contributed by atoms with Gasteiger partial charge >= 0.3 is 11.9 Å². The van der Waals surface area contributed by atoms with Gasteiger partial charge in [0.05, 0.1) is 37.7 Å². The maximum atomic E-state index is 12.9. The number of pyridine rings is 1. The summed E-state index contributed by atoms with van der Waals surface area (Å²) < 4.78 is 23.3. The van der Waals surface area contributed by atoms with Crippen molar-refractivity contribution in [1.82, 2.24) is 9.55 Å². The zero-order valence-electron chi connectivity index (χ0n) is 19.8. The van der Waals surface area contributed by atoms with Crippen LogP contribution in [0.2, 0.25) is 0 Å². The van der Waals surface area contributed by atoms with Gasteiger partial charge in [-0.15, -0.1) is 0 Å². The second kappa shape index (κ2) is 9.76. The predicted octanol–water partition coefficient (Wildman–Crippen LogP) is 4.76. The largest absolute Gasteiger partial charge is 0.491 e. The van der Waals surface area contributed by atoms with Gasteiger partial charge in [-0.3, -0.25) is 0 Å². The summed E-state index contributed by atoms with van der Waals surface area (Å²) in [6.07, 6.45) is 1.49. The summed E-state index contributed by atoms with van der Waals surface area (Å²) in [6.45, 7) is 3.87. The number of benzene rings is 2. The highest BCUT2D eigenvalue weighted by Gasteiger charge is 2.30. The third-order valence-electron chi connectivity index (χ3n) is 5.16. The highest BCUT2D eigenvalue weighted by Crippen LogP contribution is 2.35. The van der Waals surface area contributed by atoms with E-state index < -0.39 is 11.9 Å². The number of nitrogen functional groups attached to an aromatic ring is 1. The molecule has 0 radical (unpaired) electrons. The van der Waals surface area contributed by atoms with Crippen molar-refractivity contribution in [2.75, 3.05) is 20.0 Å². The van der Waals surface area contributed by atoms with Gasteiger partial charge in [0, 0.05) is 17.1 Å². The van der Waals surface area contributed by atoms with Gasteiger partial charge in [-0.1, -0.05) is 0 Å². The molecule has 0 aliphatic heterocycles. The number of anilines is 1. The van der Waals surface area contributed by atoms with E-state index in [1.165, 1.54) is 20.4 Å². The number of nitrogens with two attached hydrogens (primary N) is 1. The van der Waals surface area contributed by atoms with Crippen molar-refractivity contribution in [1.29, 1.82) is 0 Å². The molecule has 0 amide bonds. The third kappa shape index (κ3) is 4.74. The molecule has 0 unspecified atom stereocenters. The summed E-state index contributed by atoms with van der Waals surface area (Å²) in [5, 5.41) is 0.452. The van der Waals surface area contributed by atoms with Crippen LogP contribution >= 0.6 is 0 Å². The number of esters is 2. The average Bonchev–Trinajstić information content (AvgIpc) is 3.19. The first-order valence-corrected chi connectivity index (χ1v) is 10.8. The molecule has 35 heavy (non-hydrogen) atoms. The quantitative estimate of drug-likeness (QED) is 0.381. The van der Waals surface area contributed by atoms with Crippen molar-refractivity contribution in [2.45, 2.75) is 20.0 Å². The van der Waals surface area contributed by atoms with Gasteiger partial charge in [0.1, 0.15) is 22.8 Å². The number of methoxy groups -OCH3 is 2. The summed E-state index contributed by atoms with van der Waals surface area (Å²) in [5.74, 6) is 0.0452. The topological polar surface area (TPSA) is 115 Å². The number of carbonyl (C=O) groups is 2. The third-order valence-corrected chi connectivity index (χ3v) is 5.16. The molecule has 2 aromatic carbocycles. The lowest BCUT2D eigenvalue weighted by molar-refractivity contribution is 0.0551. The molecule has 0 saturated heterocycles. The number of hydrogen-bond donors (Lipinski definition) is 1. The van der Waals surface area contributed by atoms with Crippen LogP contribution in [0.1, 0.15) is 34.7 Å². The minimum Gasteiger partial charge on any atom is -0.491 e. The second-order valence-electron chi connectivity index (χ2n) is 7.91. The van der Waals surface area contributed by atoms with Crippen molar-refractivity contribution in [3.63, 3.8) is 0 Å². The fourth-order valence-electron chi connectivity index (χ4n) is 3.72. The highest BCUT2D eigenvalue weighted by atomic mass is 16.5. The Labute approximate surface area is 202 Å². The van der Waals surface area contributed by atoms with Crippen molar-refractivity contribution in [3.05, 3.63) is 72.1 Å². The molecule has 4 aromatic rings. The Morgan fingerprint density at radius 1 is 0.914 bits per heavy atom. The van der Waals surface area contributed by atoms with E-state index in [4.69, 9.17) is 24.7 Å². The average molecular weight is 476 g/mol. The number of fused-ring (bicyclic) bond motifs is 1. The van der Waals surface area contributed by atoms with E-state index in [-0.39, 0.29) is 17.4 Å². The number of rotatable bonds is 7. The summed E-state index contributed by atoms with van der Waals surface area (Å²) in [4.78, 5) is 29.9. The first-order valence-electron chi connectivity index (χ1n) is 10.8. The van der Waals surface area contributed by atoms with Gasteiger partial charge < -0.3 is 29.2 Å². The molecule has 0 bridgehead atoms. The minimum atomic E-state index is -0.688. The normalized spacial score (nSPS) is 10.9. The zero-order valence-corrected chi connectivity index (χ0v) is 19.8. The van der Waals surface area contributed by atoms with Gasteiger partial charge in [0.2, 0.25) is 5.88 Å². The molecule has 2 aromatic heterocycles. The Hall–Kier alpha value is -4.53. The Morgan fingerprint density at radius 3 is 2.20 bits per heavy atom. The van der Waals surface area contributed by atoms with Crippen LogP contribution in [0, 0.1) is 0 Å². The van der Waals surface area contributed by atoms with E-state index in [1.807, 2.05) is 13.8 Å². The second-order valence-corrected chi connectivity index (χ2v) is 7.91. The van der Waals surface area contributed by atoms with Gasteiger partial charge in [0.15, 0.2) is 0 Å². The monoisotopic (exact) mass is 475 g/mol. The summed E-state index contributed by atoms with van der Waals surface area (Å²) in [7, 11) is 2.51. The van der Waals surface area contributed by atoms with E-state index in [9.17, 15) is 9.59 Å². The van der Waals surface area contributed by atoms with E-state index in [2.05, 4.69) is 4.98 Å². The highest BCUT2D eigenvalue weighted by molar-refractivity contribution is 6.14. The molecule has 0 saturated carbocycles. The van der Waals surface area contributed by atoms with Gasteiger partial charge in [-0.2, -0.15) is 0 Å². The maximum absolute atomic E-state index is 12.9. The van der Waals surface area contributed by atoms with Crippen molar-refractivity contribution >= 4 is 28.5 Å². The Kier molecular flexibility index (Phi) is 6.59. The Bertz CT molecular complexity index is 1380. The molecule has 2 N–H and O–H groups in total. The predicted molar refractivity (Wildman–Crippen MR) is 130 cm³/mol. The Morgan fingerprint density at radius 2 is 1.60 bits per heavy atom. The molecular weight excluding hydrogens is 450 g/mol. The molecule has 180 valence electrons. The number of carbonyl (C=O) groups excluding carboxylic acids is 2. The fraction of sp³-hybridized carbons (Fsp3) is 0.192. The Balaban J connectivity index is 1.91. The molecule has 0 atom stereocenters. The molecule has 0 fully saturated rings. The van der Waals surface area contributed by atoms with Crippen LogP contribution in [-0.2, 0) is 9.47 Å². The van der Waals surface area contributed by atoms with Gasteiger partial charge in [0.25, 0.3) is 0 Å². The molecule has 0 aliphatic carbocycles. The molecule has 0 aliphatic rings. The van der Waals surface area contributed by atoms with E-state index in [0.717, 1.165) is 0 Å². The SMILES string of the molecule is COC(=O)c1c(C(=O)OC)n(-c2ccc(OC(C)C)cc2)c2ccc(Oc3ccc(N)cn3)cc12. The van der Waals surface area contributed by atoms with Crippen LogP contribution in [0.15, 0.2) is 60.8 Å². The first-order chi connectivity index (χ1) is 16.8. The lowest BCUT2D eigenvalue weighted by Gasteiger charge is -2.13. The van der Waals surface area contributed by atoms with Crippen LogP contribution in [-0.4, -0.2) is 41.8 Å². The number of hydrogen-bond acceptors (Lipinski definition) is 8. The standard InChI is InChI=1S/C26H25N3O6/c1-15(2)34-18-8-6-17(7-9-18)29-21-11-10-19(35-22-12-5-16(27)14-28-22)13-20(21)23(25(30)32-3)24(29)26(31)33-4/h5-15H,27H2,1-4H3. The van der Waals surface area contributed by atoms with Crippen LogP contribution in [0.4, 0.5) is 5.69 Å². The summed E-state index contributed by atoms with van der Waals surface area (Å²) in [6, 6.07) is 15.6. The maximum Gasteiger partial charge on any atom is 0.355 e. The molecular formula is C26H25N3O6. The van der Waals surface area contributed by atoms with Crippen molar-refractivity contribution < 1.29 is 28.5 Å². The smallest absolute Gasteiger partial charge is 0.355 e. The van der Waals surface area contributed by atoms with Crippen LogP contribution in [0.25, 0.3) is 16.6 Å². The van der Waals surface area contributed by atoms with E-state index in [1.54, 1.807) is 59.2 Å². The molecule has 2 heterocycles. The van der Waals surface area contributed by atoms with Gasteiger partial charge in [-0.25, -0.2) is 14.6 Å². The van der Waals surface area contributed by atoms with E-state index in [0.29, 0.717) is 39.7 Å². The van der Waals surface area contributed by atoms with Crippen LogP contribution in [0.5, 0.6) is 17.4 Å². The van der Waals surface area contributed by atoms with E-state index >= 15 is 0 Å². The summed E-state index contributed by atoms with van der Waals surface area (Å²) in [5.41, 5.74) is 7.51. The molecule has 9 nitrogen and oxygen atoms in total. The molecule has 9 heteroatoms. The van der Waals surface area contributed by atoms with Crippen LogP contribution in [0.3, 0.4) is 0 Å². The fourth-order valence-corrected chi connectivity index (χ4v) is 3.72.